The van der Waals surface area contributed by atoms with Gasteiger partial charge in [0.15, 0.2) is 10.8 Å². The van der Waals surface area contributed by atoms with Crippen LogP contribution in [0.5, 0.6) is 0 Å². The van der Waals surface area contributed by atoms with E-state index in [1.807, 2.05) is 6.92 Å². The van der Waals surface area contributed by atoms with Gasteiger partial charge < -0.3 is 9.64 Å². The molecular formula is C15H24N2O2S. The molecule has 0 atom stereocenters. The van der Waals surface area contributed by atoms with Crippen molar-refractivity contribution in [2.75, 3.05) is 24.6 Å². The molecule has 0 spiro atoms. The molecule has 1 fully saturated rings. The number of carbonyl (C=O) groups is 1. The molecule has 1 saturated heterocycles. The summed E-state index contributed by atoms with van der Waals surface area (Å²) in [6, 6.07) is 0. The molecule has 0 radical (unpaired) electrons. The number of ether oxygens (including phenoxy) is 1. The van der Waals surface area contributed by atoms with Crippen molar-refractivity contribution in [2.24, 2.45) is 5.41 Å². The normalized spacial score (nSPS) is 18.1. The van der Waals surface area contributed by atoms with E-state index in [0.717, 1.165) is 18.2 Å². The molecule has 0 saturated carbocycles. The Bertz CT molecular complexity index is 444. The van der Waals surface area contributed by atoms with E-state index in [0.29, 0.717) is 17.7 Å². The summed E-state index contributed by atoms with van der Waals surface area (Å²) < 4.78 is 4.98. The first-order valence-corrected chi connectivity index (χ1v) is 8.39. The van der Waals surface area contributed by atoms with Gasteiger partial charge in [-0.2, -0.15) is 0 Å². The van der Waals surface area contributed by atoms with E-state index in [-0.39, 0.29) is 5.97 Å². The minimum atomic E-state index is -0.316. The lowest BCUT2D eigenvalue weighted by Crippen LogP contribution is -2.39. The predicted molar refractivity (Wildman–Crippen MR) is 82.5 cm³/mol. The number of hydrogen-bond acceptors (Lipinski definition) is 5. The van der Waals surface area contributed by atoms with Gasteiger partial charge in [-0.1, -0.05) is 26.7 Å². The van der Waals surface area contributed by atoms with Crippen molar-refractivity contribution >= 4 is 22.4 Å². The zero-order chi connectivity index (χ0) is 14.6. The summed E-state index contributed by atoms with van der Waals surface area (Å²) in [5, 5.41) is 2.75. The highest BCUT2D eigenvalue weighted by atomic mass is 32.1. The van der Waals surface area contributed by atoms with Crippen LogP contribution in [0.4, 0.5) is 5.13 Å². The number of carbonyl (C=O) groups excluding carboxylic acids is 1. The van der Waals surface area contributed by atoms with Gasteiger partial charge in [-0.05, 0) is 25.2 Å². The molecule has 0 amide bonds. The highest BCUT2D eigenvalue weighted by Gasteiger charge is 2.32. The number of thiazole rings is 1. The Kier molecular flexibility index (Phi) is 5.02. The molecule has 1 aromatic heterocycles. The van der Waals surface area contributed by atoms with Crippen molar-refractivity contribution in [3.05, 3.63) is 11.1 Å². The zero-order valence-electron chi connectivity index (χ0n) is 12.6. The molecule has 112 valence electrons. The molecular weight excluding hydrogens is 272 g/mol. The summed E-state index contributed by atoms with van der Waals surface area (Å²) in [7, 11) is 0. The van der Waals surface area contributed by atoms with Crippen LogP contribution in [-0.2, 0) is 4.74 Å². The molecule has 4 nitrogen and oxygen atoms in total. The van der Waals surface area contributed by atoms with Gasteiger partial charge in [-0.15, -0.1) is 11.3 Å². The van der Waals surface area contributed by atoms with E-state index in [9.17, 15) is 4.79 Å². The molecule has 2 rings (SSSR count). The number of anilines is 1. The van der Waals surface area contributed by atoms with Crippen LogP contribution in [0.3, 0.4) is 0 Å². The lowest BCUT2D eigenvalue weighted by Gasteiger charge is -2.40. The number of rotatable bonds is 5. The molecule has 0 unspecified atom stereocenters. The summed E-state index contributed by atoms with van der Waals surface area (Å²) in [5.74, 6) is -0.316. The van der Waals surface area contributed by atoms with E-state index in [1.165, 1.54) is 37.0 Å². The maximum Gasteiger partial charge on any atom is 0.357 e. The Morgan fingerprint density at radius 2 is 2.00 bits per heavy atom. The highest BCUT2D eigenvalue weighted by Crippen LogP contribution is 2.39. The van der Waals surface area contributed by atoms with Gasteiger partial charge in [-0.25, -0.2) is 9.78 Å². The molecule has 0 bridgehead atoms. The second-order valence-corrected chi connectivity index (χ2v) is 6.27. The summed E-state index contributed by atoms with van der Waals surface area (Å²) >= 11 is 1.54. The van der Waals surface area contributed by atoms with Gasteiger partial charge in [-0.3, -0.25) is 0 Å². The molecule has 1 aliphatic heterocycles. The largest absolute Gasteiger partial charge is 0.461 e. The van der Waals surface area contributed by atoms with Gasteiger partial charge in [0.25, 0.3) is 0 Å². The second kappa shape index (κ2) is 6.57. The predicted octanol–water partition coefficient (Wildman–Crippen LogP) is 3.73. The number of hydrogen-bond donors (Lipinski definition) is 0. The Morgan fingerprint density at radius 3 is 2.55 bits per heavy atom. The first-order valence-electron chi connectivity index (χ1n) is 7.51. The average Bonchev–Trinajstić information content (AvgIpc) is 2.97. The van der Waals surface area contributed by atoms with Crippen LogP contribution >= 0.6 is 11.3 Å². The van der Waals surface area contributed by atoms with E-state index in [1.54, 1.807) is 5.38 Å². The van der Waals surface area contributed by atoms with E-state index in [4.69, 9.17) is 4.74 Å². The summed E-state index contributed by atoms with van der Waals surface area (Å²) in [6.45, 7) is 8.87. The highest BCUT2D eigenvalue weighted by molar-refractivity contribution is 7.13. The van der Waals surface area contributed by atoms with Gasteiger partial charge in [0.05, 0.1) is 6.61 Å². The Balaban J connectivity index is 1.99. The first-order chi connectivity index (χ1) is 9.64. The standard InChI is InChI=1S/C15H24N2O2S/c1-4-15(5-2)7-9-17(10-8-15)14-16-12(11-20-14)13(18)19-6-3/h11H,4-10H2,1-3H3. The minimum Gasteiger partial charge on any atom is -0.461 e. The monoisotopic (exact) mass is 296 g/mol. The van der Waals surface area contributed by atoms with Crippen molar-refractivity contribution in [1.29, 1.82) is 0 Å². The van der Waals surface area contributed by atoms with Gasteiger partial charge >= 0.3 is 5.97 Å². The van der Waals surface area contributed by atoms with Crippen molar-refractivity contribution in [1.82, 2.24) is 4.98 Å². The number of esters is 1. The third kappa shape index (κ3) is 3.14. The number of piperidine rings is 1. The van der Waals surface area contributed by atoms with E-state index < -0.39 is 0 Å². The molecule has 20 heavy (non-hydrogen) atoms. The van der Waals surface area contributed by atoms with Crippen LogP contribution in [0.25, 0.3) is 0 Å². The van der Waals surface area contributed by atoms with Crippen LogP contribution in [0.1, 0.15) is 56.9 Å². The molecule has 0 N–H and O–H groups in total. The van der Waals surface area contributed by atoms with E-state index >= 15 is 0 Å². The average molecular weight is 296 g/mol. The van der Waals surface area contributed by atoms with Crippen LogP contribution in [0.2, 0.25) is 0 Å². The molecule has 5 heteroatoms. The SMILES string of the molecule is CCOC(=O)c1csc(N2CCC(CC)(CC)CC2)n1. The Hall–Kier alpha value is -1.10. The smallest absolute Gasteiger partial charge is 0.357 e. The van der Waals surface area contributed by atoms with Crippen LogP contribution in [0, 0.1) is 5.41 Å². The lowest BCUT2D eigenvalue weighted by atomic mass is 9.74. The fraction of sp³-hybridized carbons (Fsp3) is 0.733. The van der Waals surface area contributed by atoms with Crippen molar-refractivity contribution in [2.45, 2.75) is 46.5 Å². The Labute approximate surface area is 125 Å². The fourth-order valence-corrected chi connectivity index (χ4v) is 3.69. The van der Waals surface area contributed by atoms with Crippen LogP contribution in [-0.4, -0.2) is 30.6 Å². The Morgan fingerprint density at radius 1 is 1.35 bits per heavy atom. The zero-order valence-corrected chi connectivity index (χ0v) is 13.5. The first kappa shape index (κ1) is 15.3. The number of aromatic nitrogens is 1. The third-order valence-corrected chi connectivity index (χ3v) is 5.47. The van der Waals surface area contributed by atoms with E-state index in [2.05, 4.69) is 23.7 Å². The molecule has 2 heterocycles. The van der Waals surface area contributed by atoms with Gasteiger partial charge in [0.1, 0.15) is 0 Å². The van der Waals surface area contributed by atoms with Crippen molar-refractivity contribution < 1.29 is 9.53 Å². The molecule has 0 aliphatic carbocycles. The van der Waals surface area contributed by atoms with Gasteiger partial charge in [0.2, 0.25) is 0 Å². The van der Waals surface area contributed by atoms with Gasteiger partial charge in [0, 0.05) is 18.5 Å². The minimum absolute atomic E-state index is 0.316. The lowest BCUT2D eigenvalue weighted by molar-refractivity contribution is 0.0520. The summed E-state index contributed by atoms with van der Waals surface area (Å²) in [4.78, 5) is 18.4. The second-order valence-electron chi connectivity index (χ2n) is 5.43. The van der Waals surface area contributed by atoms with Crippen molar-refractivity contribution in [3.63, 3.8) is 0 Å². The van der Waals surface area contributed by atoms with Crippen LogP contribution < -0.4 is 4.90 Å². The topological polar surface area (TPSA) is 42.4 Å². The molecule has 1 aromatic rings. The van der Waals surface area contributed by atoms with Crippen LogP contribution in [0.15, 0.2) is 5.38 Å². The maximum absolute atomic E-state index is 11.6. The maximum atomic E-state index is 11.6. The third-order valence-electron chi connectivity index (χ3n) is 4.57. The molecule has 0 aromatic carbocycles. The number of nitrogens with zero attached hydrogens (tertiary/aromatic N) is 2. The molecule has 1 aliphatic rings. The quantitative estimate of drug-likeness (QED) is 0.777. The fourth-order valence-electron chi connectivity index (χ4n) is 2.84. The summed E-state index contributed by atoms with van der Waals surface area (Å²) in [6.07, 6.45) is 4.94. The van der Waals surface area contributed by atoms with Crippen molar-refractivity contribution in [3.8, 4) is 0 Å². The summed E-state index contributed by atoms with van der Waals surface area (Å²) in [5.41, 5.74) is 0.951.